The maximum absolute atomic E-state index is 11.4. The van der Waals surface area contributed by atoms with Gasteiger partial charge in [0.15, 0.2) is 0 Å². The molecule has 0 saturated carbocycles. The molecule has 4 heteroatoms. The molecular weight excluding hydrogens is 206 g/mol. The molecule has 0 bridgehead atoms. The van der Waals surface area contributed by atoms with E-state index in [9.17, 15) is 9.90 Å². The summed E-state index contributed by atoms with van der Waals surface area (Å²) in [5, 5.41) is 12.5. The first kappa shape index (κ1) is 15.4. The number of rotatable bonds is 8. The van der Waals surface area contributed by atoms with Crippen LogP contribution in [0.5, 0.6) is 0 Å². The quantitative estimate of drug-likeness (QED) is 0.619. The lowest BCUT2D eigenvalue weighted by atomic mass is 9.83. The zero-order valence-electron chi connectivity index (χ0n) is 10.9. The summed E-state index contributed by atoms with van der Waals surface area (Å²) in [6.45, 7) is 8.86. The van der Waals surface area contributed by atoms with Crippen molar-refractivity contribution in [2.45, 2.75) is 46.6 Å². The number of nitrogens with one attached hydrogen (secondary N) is 1. The smallest absolute Gasteiger partial charge is 0.322 e. The van der Waals surface area contributed by atoms with Crippen LogP contribution in [0.25, 0.3) is 0 Å². The molecule has 0 aromatic carbocycles. The predicted octanol–water partition coefficient (Wildman–Crippen LogP) is 1.33. The number of esters is 1. The zero-order chi connectivity index (χ0) is 12.6. The number of carbonyl (C=O) groups excluding carboxylic acids is 1. The summed E-state index contributed by atoms with van der Waals surface area (Å²) in [4.78, 5) is 11.4. The Morgan fingerprint density at radius 3 is 2.31 bits per heavy atom. The van der Waals surface area contributed by atoms with Gasteiger partial charge in [0.2, 0.25) is 0 Å². The standard InChI is InChI=1S/C12H25NO3/c1-5-12(6-2,9-14)8-13-10(4)11(15)16-7-3/h10,13-14H,5-9H2,1-4H3. The molecular formula is C12H25NO3. The Morgan fingerprint density at radius 2 is 1.94 bits per heavy atom. The van der Waals surface area contributed by atoms with Crippen LogP contribution in [0.2, 0.25) is 0 Å². The van der Waals surface area contributed by atoms with Crippen LogP contribution in [0.15, 0.2) is 0 Å². The summed E-state index contributed by atoms with van der Waals surface area (Å²) in [7, 11) is 0. The second kappa shape index (κ2) is 7.63. The van der Waals surface area contributed by atoms with Crippen LogP contribution in [0.1, 0.15) is 40.5 Å². The van der Waals surface area contributed by atoms with Gasteiger partial charge < -0.3 is 15.2 Å². The van der Waals surface area contributed by atoms with Gasteiger partial charge in [-0.25, -0.2) is 0 Å². The predicted molar refractivity (Wildman–Crippen MR) is 64.2 cm³/mol. The molecule has 0 rings (SSSR count). The summed E-state index contributed by atoms with van der Waals surface area (Å²) in [5.74, 6) is -0.235. The van der Waals surface area contributed by atoms with Crippen molar-refractivity contribution in [3.05, 3.63) is 0 Å². The van der Waals surface area contributed by atoms with Gasteiger partial charge in [0.05, 0.1) is 6.61 Å². The largest absolute Gasteiger partial charge is 0.465 e. The SMILES string of the molecule is CCOC(=O)C(C)NCC(CC)(CC)CO. The normalized spacial score (nSPS) is 13.6. The van der Waals surface area contributed by atoms with E-state index in [1.165, 1.54) is 0 Å². The van der Waals surface area contributed by atoms with Gasteiger partial charge in [-0.05, 0) is 26.7 Å². The second-order valence-corrected chi connectivity index (χ2v) is 4.22. The first-order valence-electron chi connectivity index (χ1n) is 6.06. The lowest BCUT2D eigenvalue weighted by Gasteiger charge is -2.30. The minimum Gasteiger partial charge on any atom is -0.465 e. The van der Waals surface area contributed by atoms with Crippen molar-refractivity contribution < 1.29 is 14.6 Å². The molecule has 1 atom stereocenters. The van der Waals surface area contributed by atoms with Gasteiger partial charge in [0, 0.05) is 18.6 Å². The van der Waals surface area contributed by atoms with Crippen LogP contribution in [0.3, 0.4) is 0 Å². The summed E-state index contributed by atoms with van der Waals surface area (Å²) < 4.78 is 4.91. The van der Waals surface area contributed by atoms with Crippen LogP contribution in [-0.2, 0) is 9.53 Å². The van der Waals surface area contributed by atoms with Crippen molar-refractivity contribution in [1.29, 1.82) is 0 Å². The van der Waals surface area contributed by atoms with Gasteiger partial charge >= 0.3 is 5.97 Å². The molecule has 1 unspecified atom stereocenters. The molecule has 0 saturated heterocycles. The van der Waals surface area contributed by atoms with Crippen LogP contribution in [0.4, 0.5) is 0 Å². The molecule has 0 spiro atoms. The van der Waals surface area contributed by atoms with Gasteiger partial charge in [0.1, 0.15) is 6.04 Å². The maximum Gasteiger partial charge on any atom is 0.322 e. The van der Waals surface area contributed by atoms with E-state index >= 15 is 0 Å². The molecule has 0 aliphatic rings. The number of hydrogen-bond acceptors (Lipinski definition) is 4. The highest BCUT2D eigenvalue weighted by atomic mass is 16.5. The molecule has 0 aromatic heterocycles. The summed E-state index contributed by atoms with van der Waals surface area (Å²) in [6.07, 6.45) is 1.78. The minimum absolute atomic E-state index is 0.124. The van der Waals surface area contributed by atoms with Gasteiger partial charge in [0.25, 0.3) is 0 Å². The molecule has 0 heterocycles. The van der Waals surface area contributed by atoms with Crippen molar-refractivity contribution in [2.75, 3.05) is 19.8 Å². The van der Waals surface area contributed by atoms with Crippen molar-refractivity contribution in [2.24, 2.45) is 5.41 Å². The first-order valence-corrected chi connectivity index (χ1v) is 6.06. The van der Waals surface area contributed by atoms with E-state index in [0.29, 0.717) is 13.2 Å². The number of ether oxygens (including phenoxy) is 1. The zero-order valence-corrected chi connectivity index (χ0v) is 10.9. The summed E-state index contributed by atoms with van der Waals surface area (Å²) >= 11 is 0. The highest BCUT2D eigenvalue weighted by molar-refractivity contribution is 5.75. The van der Waals surface area contributed by atoms with Crippen LogP contribution < -0.4 is 5.32 Å². The molecule has 4 nitrogen and oxygen atoms in total. The average molecular weight is 231 g/mol. The molecule has 0 aromatic rings. The summed E-state index contributed by atoms with van der Waals surface area (Å²) in [5.41, 5.74) is -0.124. The fraction of sp³-hybridized carbons (Fsp3) is 0.917. The highest BCUT2D eigenvalue weighted by Gasteiger charge is 2.26. The molecule has 0 fully saturated rings. The van der Waals surface area contributed by atoms with Crippen molar-refractivity contribution in [3.63, 3.8) is 0 Å². The Hall–Kier alpha value is -0.610. The summed E-state index contributed by atoms with van der Waals surface area (Å²) in [6, 6.07) is -0.316. The number of aliphatic hydroxyl groups is 1. The van der Waals surface area contributed by atoms with Crippen molar-refractivity contribution in [1.82, 2.24) is 5.32 Å². The Labute approximate surface area is 98.4 Å². The molecule has 0 amide bonds. The molecule has 0 aliphatic heterocycles. The topological polar surface area (TPSA) is 58.6 Å². The maximum atomic E-state index is 11.4. The third-order valence-electron chi connectivity index (χ3n) is 3.26. The lowest BCUT2D eigenvalue weighted by Crippen LogP contribution is -2.44. The van der Waals surface area contributed by atoms with Crippen LogP contribution in [0, 0.1) is 5.41 Å². The van der Waals surface area contributed by atoms with Crippen LogP contribution >= 0.6 is 0 Å². The Kier molecular flexibility index (Phi) is 7.34. The van der Waals surface area contributed by atoms with Crippen molar-refractivity contribution >= 4 is 5.97 Å². The van der Waals surface area contributed by atoms with E-state index in [0.717, 1.165) is 12.8 Å². The second-order valence-electron chi connectivity index (χ2n) is 4.22. The number of aliphatic hydroxyl groups excluding tert-OH is 1. The van der Waals surface area contributed by atoms with E-state index in [4.69, 9.17) is 4.74 Å². The number of hydrogen-bond donors (Lipinski definition) is 2. The van der Waals surface area contributed by atoms with Crippen LogP contribution in [-0.4, -0.2) is 36.9 Å². The van der Waals surface area contributed by atoms with Gasteiger partial charge in [-0.1, -0.05) is 13.8 Å². The van der Waals surface area contributed by atoms with E-state index in [2.05, 4.69) is 19.2 Å². The molecule has 96 valence electrons. The van der Waals surface area contributed by atoms with E-state index in [1.807, 2.05) is 0 Å². The van der Waals surface area contributed by atoms with Gasteiger partial charge in [-0.2, -0.15) is 0 Å². The molecule has 2 N–H and O–H groups in total. The Balaban J connectivity index is 4.15. The van der Waals surface area contributed by atoms with Gasteiger partial charge in [-0.15, -0.1) is 0 Å². The first-order chi connectivity index (χ1) is 7.55. The fourth-order valence-electron chi connectivity index (χ4n) is 1.50. The van der Waals surface area contributed by atoms with E-state index in [1.54, 1.807) is 13.8 Å². The molecule has 16 heavy (non-hydrogen) atoms. The third kappa shape index (κ3) is 4.49. The van der Waals surface area contributed by atoms with Crippen molar-refractivity contribution in [3.8, 4) is 0 Å². The van der Waals surface area contributed by atoms with E-state index in [-0.39, 0.29) is 24.0 Å². The Morgan fingerprint density at radius 1 is 1.38 bits per heavy atom. The van der Waals surface area contributed by atoms with Gasteiger partial charge in [-0.3, -0.25) is 4.79 Å². The fourth-order valence-corrected chi connectivity index (χ4v) is 1.50. The average Bonchev–Trinajstić information content (AvgIpc) is 2.31. The van der Waals surface area contributed by atoms with E-state index < -0.39 is 0 Å². The highest BCUT2D eigenvalue weighted by Crippen LogP contribution is 2.24. The number of carbonyl (C=O) groups is 1. The molecule has 0 aliphatic carbocycles. The molecule has 0 radical (unpaired) electrons. The monoisotopic (exact) mass is 231 g/mol. The third-order valence-corrected chi connectivity index (χ3v) is 3.26. The lowest BCUT2D eigenvalue weighted by molar-refractivity contribution is -0.145. The Bertz CT molecular complexity index is 194. The minimum atomic E-state index is -0.316.